The maximum Gasteiger partial charge on any atom is 0.330 e. The first-order valence-electron chi connectivity index (χ1n) is 9.34. The van der Waals surface area contributed by atoms with Gasteiger partial charge < -0.3 is 10.3 Å². The first-order chi connectivity index (χ1) is 14.5. The van der Waals surface area contributed by atoms with Gasteiger partial charge in [-0.3, -0.25) is 24.0 Å². The number of carbonyl (C=O) groups is 1. The molecular weight excluding hydrogens is 386 g/mol. The number of amides is 1. The van der Waals surface area contributed by atoms with Gasteiger partial charge in [0.25, 0.3) is 11.1 Å². The summed E-state index contributed by atoms with van der Waals surface area (Å²) in [6.45, 7) is 1.79. The summed E-state index contributed by atoms with van der Waals surface area (Å²) in [7, 11) is 0. The second-order valence-corrected chi connectivity index (χ2v) is 6.83. The number of hydrogen-bond acceptors (Lipinski definition) is 4. The van der Waals surface area contributed by atoms with Gasteiger partial charge in [-0.2, -0.15) is 0 Å². The molecule has 0 radical (unpaired) electrons. The van der Waals surface area contributed by atoms with Gasteiger partial charge in [-0.15, -0.1) is 0 Å². The minimum atomic E-state index is -0.390. The molecule has 0 bridgehead atoms. The van der Waals surface area contributed by atoms with Crippen LogP contribution < -0.4 is 22.1 Å². The lowest BCUT2D eigenvalue weighted by atomic mass is 10.2. The van der Waals surface area contributed by atoms with E-state index in [2.05, 4.69) is 15.4 Å². The van der Waals surface area contributed by atoms with E-state index in [1.165, 1.54) is 4.57 Å². The molecule has 0 saturated carbocycles. The van der Waals surface area contributed by atoms with E-state index in [1.54, 1.807) is 61.7 Å². The Balaban J connectivity index is 1.56. The van der Waals surface area contributed by atoms with Crippen molar-refractivity contribution in [2.75, 3.05) is 5.32 Å². The molecule has 0 fully saturated rings. The number of carbonyl (C=O) groups excluding carboxylic acids is 1. The van der Waals surface area contributed by atoms with Crippen LogP contribution in [0.25, 0.3) is 16.5 Å². The number of rotatable bonds is 5. The molecule has 4 rings (SSSR count). The van der Waals surface area contributed by atoms with Crippen LogP contribution in [0.15, 0.2) is 69.1 Å². The lowest BCUT2D eigenvalue weighted by molar-refractivity contribution is -0.116. The molecule has 2 heterocycles. The minimum absolute atomic E-state index is 0.00996. The van der Waals surface area contributed by atoms with Crippen LogP contribution in [0.4, 0.5) is 5.69 Å². The number of aromatic nitrogens is 4. The molecule has 0 atom stereocenters. The maximum atomic E-state index is 12.6. The van der Waals surface area contributed by atoms with E-state index >= 15 is 0 Å². The van der Waals surface area contributed by atoms with Crippen LogP contribution in [-0.4, -0.2) is 25.2 Å². The number of anilines is 1. The highest BCUT2D eigenvalue weighted by Gasteiger charge is 2.13. The van der Waals surface area contributed by atoms with E-state index in [0.717, 1.165) is 4.68 Å². The Hall–Kier alpha value is -4.14. The quantitative estimate of drug-likeness (QED) is 0.466. The Labute approximate surface area is 169 Å². The number of aromatic amines is 2. The second kappa shape index (κ2) is 7.70. The van der Waals surface area contributed by atoms with Crippen LogP contribution in [0.5, 0.6) is 0 Å². The molecule has 2 aromatic heterocycles. The summed E-state index contributed by atoms with van der Waals surface area (Å²) in [4.78, 5) is 52.0. The van der Waals surface area contributed by atoms with Gasteiger partial charge in [0.1, 0.15) is 0 Å². The van der Waals surface area contributed by atoms with E-state index in [9.17, 15) is 19.2 Å². The standard InChI is InChI=1S/C21H19N5O4/c1-13-12-22-21(30)26(13)17-9-5-4-8-16(17)23-18(27)10-11-25-20(29)15-7-3-2-6-14(15)19(28)24-25/h2-9,12H,10-11H2,1H3,(H,22,30)(H,23,27)(H,24,28). The minimum Gasteiger partial charge on any atom is -0.324 e. The van der Waals surface area contributed by atoms with Crippen LogP contribution in [0, 0.1) is 6.92 Å². The van der Waals surface area contributed by atoms with Crippen molar-refractivity contribution in [2.45, 2.75) is 19.9 Å². The van der Waals surface area contributed by atoms with Crippen LogP contribution in [0.2, 0.25) is 0 Å². The first-order valence-corrected chi connectivity index (χ1v) is 9.34. The molecule has 2 aromatic carbocycles. The number of aryl methyl sites for hydroxylation is 2. The lowest BCUT2D eigenvalue weighted by Crippen LogP contribution is -2.31. The second-order valence-electron chi connectivity index (χ2n) is 6.83. The molecule has 0 aliphatic heterocycles. The van der Waals surface area contributed by atoms with Crippen LogP contribution in [-0.2, 0) is 11.3 Å². The Bertz CT molecular complexity index is 1420. The van der Waals surface area contributed by atoms with Crippen molar-refractivity contribution in [1.29, 1.82) is 0 Å². The molecule has 152 valence electrons. The summed E-state index contributed by atoms with van der Waals surface area (Å²) in [6, 6.07) is 13.5. The number of nitrogens with zero attached hydrogens (tertiary/aromatic N) is 2. The SMILES string of the molecule is Cc1c[nH]c(=O)n1-c1ccccc1NC(=O)CCn1[nH]c(=O)c2ccccc2c1=O. The van der Waals surface area contributed by atoms with Crippen molar-refractivity contribution in [3.8, 4) is 5.69 Å². The van der Waals surface area contributed by atoms with E-state index in [-0.39, 0.29) is 30.1 Å². The Kier molecular flexibility index (Phi) is 4.93. The normalized spacial score (nSPS) is 11.0. The van der Waals surface area contributed by atoms with Crippen LogP contribution in [0.1, 0.15) is 12.1 Å². The van der Waals surface area contributed by atoms with Crippen molar-refractivity contribution in [3.05, 3.63) is 91.6 Å². The molecule has 30 heavy (non-hydrogen) atoms. The molecule has 0 aliphatic rings. The number of fused-ring (bicyclic) bond motifs is 1. The molecule has 1 amide bonds. The highest BCUT2D eigenvalue weighted by atomic mass is 16.2. The van der Waals surface area contributed by atoms with Crippen molar-refractivity contribution in [2.24, 2.45) is 0 Å². The van der Waals surface area contributed by atoms with Crippen LogP contribution in [0.3, 0.4) is 0 Å². The zero-order valence-electron chi connectivity index (χ0n) is 16.1. The number of nitrogens with one attached hydrogen (secondary N) is 3. The average Bonchev–Trinajstić information content (AvgIpc) is 3.08. The van der Waals surface area contributed by atoms with E-state index in [4.69, 9.17) is 0 Å². The van der Waals surface area contributed by atoms with Gasteiger partial charge in [0, 0.05) is 18.3 Å². The summed E-state index contributed by atoms with van der Waals surface area (Å²) in [5.74, 6) is -0.357. The fraction of sp³-hybridized carbons (Fsp3) is 0.143. The number of hydrogen-bond donors (Lipinski definition) is 3. The maximum absolute atomic E-state index is 12.6. The zero-order chi connectivity index (χ0) is 21.3. The predicted molar refractivity (Wildman–Crippen MR) is 113 cm³/mol. The van der Waals surface area contributed by atoms with E-state index in [0.29, 0.717) is 27.8 Å². The third kappa shape index (κ3) is 3.48. The molecule has 9 nitrogen and oxygen atoms in total. The molecule has 3 N–H and O–H groups in total. The Morgan fingerprint density at radius 1 is 1.00 bits per heavy atom. The van der Waals surface area contributed by atoms with Gasteiger partial charge in [-0.25, -0.2) is 9.48 Å². The fourth-order valence-electron chi connectivity index (χ4n) is 3.36. The molecule has 9 heteroatoms. The summed E-state index contributed by atoms with van der Waals surface area (Å²) >= 11 is 0. The van der Waals surface area contributed by atoms with Gasteiger partial charge in [0.2, 0.25) is 5.91 Å². The van der Waals surface area contributed by atoms with Gasteiger partial charge in [-0.1, -0.05) is 24.3 Å². The van der Waals surface area contributed by atoms with Gasteiger partial charge in [-0.05, 0) is 31.2 Å². The molecular formula is C21H19N5O4. The van der Waals surface area contributed by atoms with Crippen molar-refractivity contribution in [3.63, 3.8) is 0 Å². The van der Waals surface area contributed by atoms with E-state index < -0.39 is 5.56 Å². The van der Waals surface area contributed by atoms with Crippen molar-refractivity contribution in [1.82, 2.24) is 19.3 Å². The predicted octanol–water partition coefficient (Wildman–Crippen LogP) is 1.51. The van der Waals surface area contributed by atoms with Gasteiger partial charge >= 0.3 is 5.69 Å². The Morgan fingerprint density at radius 3 is 2.43 bits per heavy atom. The molecule has 0 aliphatic carbocycles. The number of H-pyrrole nitrogens is 2. The summed E-state index contributed by atoms with van der Waals surface area (Å²) in [6.07, 6.45) is 1.55. The third-order valence-electron chi connectivity index (χ3n) is 4.83. The molecule has 0 spiro atoms. The van der Waals surface area contributed by atoms with Gasteiger partial charge in [0.05, 0.1) is 28.7 Å². The van der Waals surface area contributed by atoms with Crippen LogP contribution >= 0.6 is 0 Å². The van der Waals surface area contributed by atoms with Crippen molar-refractivity contribution < 1.29 is 4.79 Å². The summed E-state index contributed by atoms with van der Waals surface area (Å²) in [5, 5.41) is 5.89. The molecule has 0 saturated heterocycles. The highest BCUT2D eigenvalue weighted by Crippen LogP contribution is 2.20. The summed E-state index contributed by atoms with van der Waals surface area (Å²) < 4.78 is 2.60. The smallest absolute Gasteiger partial charge is 0.324 e. The third-order valence-corrected chi connectivity index (χ3v) is 4.83. The summed E-state index contributed by atoms with van der Waals surface area (Å²) in [5.41, 5.74) is 0.625. The Morgan fingerprint density at radius 2 is 1.70 bits per heavy atom. The van der Waals surface area contributed by atoms with Gasteiger partial charge in [0.15, 0.2) is 0 Å². The fourth-order valence-corrected chi connectivity index (χ4v) is 3.36. The monoisotopic (exact) mass is 405 g/mol. The first kappa shape index (κ1) is 19.2. The molecule has 0 unspecified atom stereocenters. The molecule has 4 aromatic rings. The lowest BCUT2D eigenvalue weighted by Gasteiger charge is -2.13. The zero-order valence-corrected chi connectivity index (χ0v) is 16.1. The number of para-hydroxylation sites is 2. The highest BCUT2D eigenvalue weighted by molar-refractivity contribution is 5.92. The average molecular weight is 405 g/mol. The van der Waals surface area contributed by atoms with Crippen molar-refractivity contribution >= 4 is 22.4 Å². The topological polar surface area (TPSA) is 122 Å². The largest absolute Gasteiger partial charge is 0.330 e. The number of benzene rings is 2. The van der Waals surface area contributed by atoms with E-state index in [1.807, 2.05) is 0 Å². The number of imidazole rings is 1.